The quantitative estimate of drug-likeness (QED) is 0.0383. The standard InChI is InChI=1S/C31H41N5O14S3/c1-4-19-21(25(52(45,46)47)14-17(3)51(42,43)44)6-7-22-24(15-26(53(48,49)50)20(5-2)29(19)22)33-16-27(37)36-12-10-18(11-13-36)30(40)34-23(31(41)35-32)8-9-28(38)39/h6-7,14-15,18,23,33H,3-5,8-13,16,32H2,1-2H3,(H,34,40)(H,35,41)(H,38,39)(H,42,43,44)(H,45,46,47)(H,48,49,50)/b25-14+. The molecule has 9 N–H and O–H groups in total. The molecule has 2 aromatic rings. The highest BCUT2D eigenvalue weighted by molar-refractivity contribution is 7.95. The number of amides is 3. The predicted molar refractivity (Wildman–Crippen MR) is 192 cm³/mol. The van der Waals surface area contributed by atoms with Crippen molar-refractivity contribution < 1.29 is 63.2 Å². The minimum absolute atomic E-state index is 0.0103. The van der Waals surface area contributed by atoms with E-state index in [0.29, 0.717) is 6.08 Å². The Morgan fingerprint density at radius 2 is 1.58 bits per heavy atom. The lowest BCUT2D eigenvalue weighted by Gasteiger charge is -2.32. The first-order chi connectivity index (χ1) is 24.5. The Bertz CT molecular complexity index is 2180. The molecule has 1 unspecified atom stereocenters. The number of carboxylic acid groups (broad SMARTS) is 1. The molecule has 0 aliphatic carbocycles. The molecule has 0 radical (unpaired) electrons. The fourth-order valence-corrected chi connectivity index (χ4v) is 8.00. The number of aryl methyl sites for hydroxylation is 2. The van der Waals surface area contributed by atoms with Crippen LogP contribution in [0.3, 0.4) is 0 Å². The van der Waals surface area contributed by atoms with Crippen LogP contribution in [0.1, 0.15) is 56.2 Å². The van der Waals surface area contributed by atoms with E-state index in [9.17, 15) is 58.1 Å². The van der Waals surface area contributed by atoms with Gasteiger partial charge in [0.05, 0.1) is 16.3 Å². The lowest BCUT2D eigenvalue weighted by atomic mass is 9.91. The summed E-state index contributed by atoms with van der Waals surface area (Å²) in [5, 5.41) is 14.7. The topological polar surface area (TPSA) is 317 Å². The highest BCUT2D eigenvalue weighted by atomic mass is 32.2. The van der Waals surface area contributed by atoms with E-state index in [1.165, 1.54) is 17.0 Å². The average Bonchev–Trinajstić information content (AvgIpc) is 3.08. The molecule has 0 aromatic heterocycles. The molecule has 1 atom stereocenters. The number of carboxylic acids is 1. The summed E-state index contributed by atoms with van der Waals surface area (Å²) in [6.45, 7) is 6.12. The number of hydrogen-bond acceptors (Lipinski definition) is 12. The number of carbonyl (C=O) groups excluding carboxylic acids is 3. The molecule has 292 valence electrons. The van der Waals surface area contributed by atoms with Crippen molar-refractivity contribution in [1.29, 1.82) is 0 Å². The monoisotopic (exact) mass is 803 g/mol. The second kappa shape index (κ2) is 17.1. The van der Waals surface area contributed by atoms with Crippen molar-refractivity contribution in [3.63, 3.8) is 0 Å². The van der Waals surface area contributed by atoms with Crippen molar-refractivity contribution in [2.45, 2.75) is 63.3 Å². The van der Waals surface area contributed by atoms with E-state index in [-0.39, 0.29) is 78.3 Å². The molecular weight excluding hydrogens is 763 g/mol. The molecule has 2 aromatic carbocycles. The van der Waals surface area contributed by atoms with E-state index in [4.69, 9.17) is 10.9 Å². The molecule has 3 rings (SSSR count). The van der Waals surface area contributed by atoms with Gasteiger partial charge in [-0.05, 0) is 66.3 Å². The Morgan fingerprint density at radius 1 is 0.981 bits per heavy atom. The number of hydrazine groups is 1. The number of nitrogens with two attached hydrogens (primary N) is 1. The highest BCUT2D eigenvalue weighted by Gasteiger charge is 2.31. The number of anilines is 1. The number of aliphatic carboxylic acids is 1. The van der Waals surface area contributed by atoms with E-state index < -0.39 is 93.7 Å². The molecule has 0 spiro atoms. The van der Waals surface area contributed by atoms with Crippen molar-refractivity contribution in [2.75, 3.05) is 25.0 Å². The van der Waals surface area contributed by atoms with Gasteiger partial charge in [0.2, 0.25) is 11.8 Å². The van der Waals surface area contributed by atoms with Crippen LogP contribution in [-0.2, 0) is 62.4 Å². The predicted octanol–water partition coefficient (Wildman–Crippen LogP) is 0.832. The summed E-state index contributed by atoms with van der Waals surface area (Å²) in [5.41, 5.74) is 1.84. The third-order valence-corrected chi connectivity index (χ3v) is 11.3. The first kappa shape index (κ1) is 43.0. The number of likely N-dealkylation sites (tertiary alicyclic amines) is 1. The van der Waals surface area contributed by atoms with Crippen LogP contribution >= 0.6 is 0 Å². The van der Waals surface area contributed by atoms with E-state index in [2.05, 4.69) is 17.2 Å². The molecule has 0 saturated carbocycles. The molecule has 22 heteroatoms. The summed E-state index contributed by atoms with van der Waals surface area (Å²) < 4.78 is 103. The molecule has 1 saturated heterocycles. The van der Waals surface area contributed by atoms with Gasteiger partial charge in [0.15, 0.2) is 0 Å². The fourth-order valence-electron chi connectivity index (χ4n) is 6.07. The summed E-state index contributed by atoms with van der Waals surface area (Å²) >= 11 is 0. The third-order valence-electron chi connectivity index (χ3n) is 8.70. The van der Waals surface area contributed by atoms with Crippen LogP contribution in [0.15, 0.2) is 40.7 Å². The first-order valence-electron chi connectivity index (χ1n) is 16.0. The molecule has 0 bridgehead atoms. The van der Waals surface area contributed by atoms with Crippen LogP contribution in [0.2, 0.25) is 0 Å². The lowest BCUT2D eigenvalue weighted by Crippen LogP contribution is -2.52. The number of rotatable bonds is 16. The number of hydrogen-bond donors (Lipinski definition) is 8. The molecule has 53 heavy (non-hydrogen) atoms. The van der Waals surface area contributed by atoms with Crippen molar-refractivity contribution in [3.05, 3.63) is 52.4 Å². The maximum atomic E-state index is 13.3. The van der Waals surface area contributed by atoms with Gasteiger partial charge in [0.25, 0.3) is 36.3 Å². The normalized spacial score (nSPS) is 15.1. The van der Waals surface area contributed by atoms with Gasteiger partial charge >= 0.3 is 5.97 Å². The second-order valence-electron chi connectivity index (χ2n) is 12.0. The zero-order valence-corrected chi connectivity index (χ0v) is 31.1. The maximum absolute atomic E-state index is 13.3. The Labute approximate surface area is 305 Å². The number of nitrogens with one attached hydrogen (secondary N) is 3. The molecule has 1 fully saturated rings. The van der Waals surface area contributed by atoms with Crippen molar-refractivity contribution in [1.82, 2.24) is 15.6 Å². The number of allylic oxidation sites excluding steroid dienone is 1. The van der Waals surface area contributed by atoms with Crippen molar-refractivity contribution in [3.8, 4) is 0 Å². The van der Waals surface area contributed by atoms with Crippen molar-refractivity contribution >= 4 is 75.4 Å². The minimum Gasteiger partial charge on any atom is -0.481 e. The summed E-state index contributed by atoms with van der Waals surface area (Å²) in [5.74, 6) is 1.63. The van der Waals surface area contributed by atoms with E-state index >= 15 is 0 Å². The second-order valence-corrected chi connectivity index (χ2v) is 16.3. The Hall–Kier alpha value is -4.45. The third kappa shape index (κ3) is 10.6. The molecule has 1 aliphatic rings. The van der Waals surface area contributed by atoms with E-state index in [1.54, 1.807) is 13.8 Å². The van der Waals surface area contributed by atoms with Gasteiger partial charge in [-0.15, -0.1) is 0 Å². The van der Waals surface area contributed by atoms with Crippen LogP contribution in [0, 0.1) is 5.92 Å². The van der Waals surface area contributed by atoms with Crippen LogP contribution in [0.4, 0.5) is 5.69 Å². The fraction of sp³-hybridized carbons (Fsp3) is 0.419. The summed E-state index contributed by atoms with van der Waals surface area (Å²) in [4.78, 5) is 48.0. The van der Waals surface area contributed by atoms with Gasteiger partial charge in [0, 0.05) is 36.5 Å². The molecule has 3 amide bonds. The van der Waals surface area contributed by atoms with Crippen LogP contribution in [-0.4, -0.2) is 98.3 Å². The van der Waals surface area contributed by atoms with E-state index in [1.807, 2.05) is 5.43 Å². The molecule has 19 nitrogen and oxygen atoms in total. The van der Waals surface area contributed by atoms with Crippen LogP contribution < -0.4 is 21.9 Å². The smallest absolute Gasteiger partial charge is 0.303 e. The summed E-state index contributed by atoms with van der Waals surface area (Å²) in [6.07, 6.45) is 0.237. The average molecular weight is 804 g/mol. The summed E-state index contributed by atoms with van der Waals surface area (Å²) in [7, 11) is -15.1. The Balaban J connectivity index is 1.96. The highest BCUT2D eigenvalue weighted by Crippen LogP contribution is 2.39. The minimum atomic E-state index is -5.18. The van der Waals surface area contributed by atoms with Gasteiger partial charge in [-0.2, -0.15) is 25.3 Å². The van der Waals surface area contributed by atoms with Gasteiger partial charge in [-0.1, -0.05) is 32.6 Å². The number of piperidine rings is 1. The van der Waals surface area contributed by atoms with Gasteiger partial charge in [-0.3, -0.25) is 38.3 Å². The number of fused-ring (bicyclic) bond motifs is 1. The summed E-state index contributed by atoms with van der Waals surface area (Å²) in [6, 6.07) is 2.50. The number of nitrogens with zero attached hydrogens (tertiary/aromatic N) is 1. The number of carbonyl (C=O) groups is 4. The maximum Gasteiger partial charge on any atom is 0.303 e. The van der Waals surface area contributed by atoms with Crippen LogP contribution in [0.5, 0.6) is 0 Å². The zero-order chi connectivity index (χ0) is 40.1. The molecule has 1 heterocycles. The first-order valence-corrected chi connectivity index (χ1v) is 20.4. The van der Waals surface area contributed by atoms with E-state index in [0.717, 1.165) is 6.07 Å². The molecule has 1 aliphatic heterocycles. The van der Waals surface area contributed by atoms with Crippen LogP contribution in [0.25, 0.3) is 15.7 Å². The van der Waals surface area contributed by atoms with Gasteiger partial charge in [-0.25, -0.2) is 5.84 Å². The largest absolute Gasteiger partial charge is 0.481 e. The van der Waals surface area contributed by atoms with Gasteiger partial charge < -0.3 is 20.6 Å². The molecular formula is C31H41N5O14S3. The zero-order valence-electron chi connectivity index (χ0n) is 28.7. The lowest BCUT2D eigenvalue weighted by molar-refractivity contribution is -0.138. The van der Waals surface area contributed by atoms with Crippen molar-refractivity contribution in [2.24, 2.45) is 11.8 Å². The Morgan fingerprint density at radius 3 is 2.08 bits per heavy atom. The van der Waals surface area contributed by atoms with Gasteiger partial charge in [0.1, 0.15) is 10.9 Å². The SMILES string of the molecule is C=C(/C=C(\c1ccc2c(NCC(=O)N3CCC(C(=O)NC(CCC(=O)O)C(=O)NN)CC3)cc(S(=O)(=O)O)c(CC)c2c1CC)S(=O)(=O)O)S(=O)(=O)O. The number of benzene rings is 2. The Kier molecular flexibility index (Phi) is 13.9.